The van der Waals surface area contributed by atoms with Crippen LogP contribution in [0.5, 0.6) is 5.75 Å². The average Bonchev–Trinajstić information content (AvgIpc) is 3.27. The van der Waals surface area contributed by atoms with E-state index >= 15 is 0 Å². The number of rotatable bonds is 3. The summed E-state index contributed by atoms with van der Waals surface area (Å²) >= 11 is 7.44. The van der Waals surface area contributed by atoms with Crippen LogP contribution in [0.25, 0.3) is 0 Å². The third-order valence-corrected chi connectivity index (χ3v) is 6.67. The van der Waals surface area contributed by atoms with Crippen LogP contribution in [0.15, 0.2) is 48.5 Å². The standard InChI is InChI=1S/C23H22N2O3S2/c1-23(2,27)13-12-15-4-6-16(7-5-15)21-25-19(14-30-21)20(26)24(22(25)29)17-8-10-18(28-3)11-9-17/h4-11,19,21,27H,14H2,1-3H3. The van der Waals surface area contributed by atoms with Gasteiger partial charge in [-0.3, -0.25) is 9.69 Å². The topological polar surface area (TPSA) is 53.0 Å². The zero-order chi connectivity index (χ0) is 21.5. The minimum Gasteiger partial charge on any atom is -0.497 e. The van der Waals surface area contributed by atoms with Crippen LogP contribution in [0, 0.1) is 11.8 Å². The minimum absolute atomic E-state index is 0.00725. The van der Waals surface area contributed by atoms with Gasteiger partial charge in [-0.2, -0.15) is 0 Å². The molecule has 154 valence electrons. The van der Waals surface area contributed by atoms with Gasteiger partial charge < -0.3 is 14.7 Å². The molecule has 2 fully saturated rings. The zero-order valence-corrected chi connectivity index (χ0v) is 18.6. The van der Waals surface area contributed by atoms with E-state index in [-0.39, 0.29) is 17.3 Å². The fourth-order valence-electron chi connectivity index (χ4n) is 3.47. The van der Waals surface area contributed by atoms with Crippen molar-refractivity contribution < 1.29 is 14.6 Å². The fraction of sp³-hybridized carbons (Fsp3) is 0.304. The second kappa shape index (κ2) is 7.95. The van der Waals surface area contributed by atoms with Gasteiger partial charge in [0.2, 0.25) is 0 Å². The summed E-state index contributed by atoms with van der Waals surface area (Å²) in [6.45, 7) is 3.31. The number of thiocarbonyl (C=S) groups is 1. The van der Waals surface area contributed by atoms with Gasteiger partial charge in [0, 0.05) is 11.3 Å². The highest BCUT2D eigenvalue weighted by molar-refractivity contribution is 7.99. The number of aliphatic hydroxyl groups is 1. The molecule has 2 aromatic carbocycles. The van der Waals surface area contributed by atoms with E-state index < -0.39 is 5.60 Å². The Bertz CT molecular complexity index is 1030. The van der Waals surface area contributed by atoms with Crippen LogP contribution in [0.3, 0.4) is 0 Å². The summed E-state index contributed by atoms with van der Waals surface area (Å²) in [7, 11) is 1.61. The highest BCUT2D eigenvalue weighted by Crippen LogP contribution is 2.46. The van der Waals surface area contributed by atoms with Gasteiger partial charge in [-0.25, -0.2) is 0 Å². The van der Waals surface area contributed by atoms with E-state index in [4.69, 9.17) is 17.0 Å². The lowest BCUT2D eigenvalue weighted by atomic mass is 10.1. The molecule has 2 atom stereocenters. The molecule has 0 aliphatic carbocycles. The first-order valence-corrected chi connectivity index (χ1v) is 11.0. The third kappa shape index (κ3) is 3.91. The number of carbonyl (C=O) groups excluding carboxylic acids is 1. The molecule has 2 unspecified atom stereocenters. The highest BCUT2D eigenvalue weighted by Gasteiger charge is 2.50. The Balaban J connectivity index is 1.57. The normalized spacial score (nSPS) is 20.8. The van der Waals surface area contributed by atoms with E-state index in [0.717, 1.165) is 22.6 Å². The van der Waals surface area contributed by atoms with Crippen LogP contribution in [0.4, 0.5) is 5.69 Å². The minimum atomic E-state index is -1.03. The molecule has 2 aliphatic rings. The number of carbonyl (C=O) groups is 1. The molecule has 2 heterocycles. The first-order chi connectivity index (χ1) is 14.3. The molecule has 4 rings (SSSR count). The van der Waals surface area contributed by atoms with Gasteiger partial charge in [-0.15, -0.1) is 11.8 Å². The Labute approximate surface area is 186 Å². The van der Waals surface area contributed by atoms with Crippen LogP contribution in [-0.2, 0) is 4.79 Å². The molecule has 1 N–H and O–H groups in total. The summed E-state index contributed by atoms with van der Waals surface area (Å²) in [5, 5.41) is 10.3. The van der Waals surface area contributed by atoms with Crippen LogP contribution < -0.4 is 9.64 Å². The quantitative estimate of drug-likeness (QED) is 0.584. The Morgan fingerprint density at radius 2 is 1.83 bits per heavy atom. The monoisotopic (exact) mass is 438 g/mol. The van der Waals surface area contributed by atoms with Crippen molar-refractivity contribution in [3.63, 3.8) is 0 Å². The van der Waals surface area contributed by atoms with Gasteiger partial charge in [0.25, 0.3) is 5.91 Å². The predicted molar refractivity (Wildman–Crippen MR) is 124 cm³/mol. The lowest BCUT2D eigenvalue weighted by molar-refractivity contribution is -0.119. The summed E-state index contributed by atoms with van der Waals surface area (Å²) in [6.07, 6.45) is 0. The van der Waals surface area contributed by atoms with Crippen molar-refractivity contribution in [1.82, 2.24) is 4.90 Å². The summed E-state index contributed by atoms with van der Waals surface area (Å²) in [6, 6.07) is 15.0. The Morgan fingerprint density at radius 1 is 1.17 bits per heavy atom. The molecule has 5 nitrogen and oxygen atoms in total. The lowest BCUT2D eigenvalue weighted by Crippen LogP contribution is -2.33. The number of hydrogen-bond acceptors (Lipinski definition) is 5. The molecular formula is C23H22N2O3S2. The Kier molecular flexibility index (Phi) is 5.49. The number of fused-ring (bicyclic) bond motifs is 1. The van der Waals surface area contributed by atoms with Crippen molar-refractivity contribution >= 4 is 40.7 Å². The van der Waals surface area contributed by atoms with Crippen LogP contribution in [0.1, 0.15) is 30.3 Å². The number of benzene rings is 2. The van der Waals surface area contributed by atoms with Crippen molar-refractivity contribution in [3.05, 3.63) is 59.7 Å². The number of nitrogens with zero attached hydrogens (tertiary/aromatic N) is 2. The molecule has 1 amide bonds. The van der Waals surface area contributed by atoms with E-state index in [9.17, 15) is 9.90 Å². The smallest absolute Gasteiger partial charge is 0.257 e. The second-order valence-corrected chi connectivity index (χ2v) is 9.17. The van der Waals surface area contributed by atoms with E-state index in [1.165, 1.54) is 0 Å². The van der Waals surface area contributed by atoms with Crippen LogP contribution >= 0.6 is 24.0 Å². The van der Waals surface area contributed by atoms with Crippen LogP contribution in [-0.4, -0.2) is 45.5 Å². The van der Waals surface area contributed by atoms with Gasteiger partial charge in [0.15, 0.2) is 5.11 Å². The lowest BCUT2D eigenvalue weighted by Gasteiger charge is -2.25. The van der Waals surface area contributed by atoms with Gasteiger partial charge in [0.1, 0.15) is 22.8 Å². The highest BCUT2D eigenvalue weighted by atomic mass is 32.2. The van der Waals surface area contributed by atoms with Crippen LogP contribution in [0.2, 0.25) is 0 Å². The maximum Gasteiger partial charge on any atom is 0.257 e. The number of hydrogen-bond donors (Lipinski definition) is 1. The van der Waals surface area contributed by atoms with Crippen molar-refractivity contribution in [3.8, 4) is 17.6 Å². The summed E-state index contributed by atoms with van der Waals surface area (Å²) in [5.74, 6) is 7.23. The number of thioether (sulfide) groups is 1. The molecular weight excluding hydrogens is 416 g/mol. The largest absolute Gasteiger partial charge is 0.497 e. The van der Waals surface area contributed by atoms with Crippen molar-refractivity contribution in [1.29, 1.82) is 0 Å². The van der Waals surface area contributed by atoms with E-state index in [1.54, 1.807) is 37.6 Å². The van der Waals surface area contributed by atoms with Crippen molar-refractivity contribution in [2.75, 3.05) is 17.8 Å². The Hall–Kier alpha value is -2.53. The van der Waals surface area contributed by atoms with E-state index in [1.807, 2.05) is 53.4 Å². The average molecular weight is 439 g/mol. The third-order valence-electron chi connectivity index (χ3n) is 4.96. The first kappa shape index (κ1) is 20.7. The van der Waals surface area contributed by atoms with E-state index in [0.29, 0.717) is 10.9 Å². The molecule has 0 radical (unpaired) electrons. The summed E-state index contributed by atoms with van der Waals surface area (Å²) < 4.78 is 5.21. The number of ether oxygens (including phenoxy) is 1. The molecule has 30 heavy (non-hydrogen) atoms. The maximum atomic E-state index is 13.1. The molecule has 2 aromatic rings. The van der Waals surface area contributed by atoms with Gasteiger partial charge >= 0.3 is 0 Å². The molecule has 0 spiro atoms. The SMILES string of the molecule is COc1ccc(N2C(=O)C3CSC(c4ccc(C#CC(C)(C)O)cc4)N3C2=S)cc1. The summed E-state index contributed by atoms with van der Waals surface area (Å²) in [5.41, 5.74) is 1.63. The number of amides is 1. The van der Waals surface area contributed by atoms with Gasteiger partial charge in [-0.05, 0) is 68.0 Å². The molecule has 2 saturated heterocycles. The molecule has 2 aliphatic heterocycles. The van der Waals surface area contributed by atoms with E-state index in [2.05, 4.69) is 11.8 Å². The van der Waals surface area contributed by atoms with Gasteiger partial charge in [-0.1, -0.05) is 24.0 Å². The van der Waals surface area contributed by atoms with Crippen molar-refractivity contribution in [2.45, 2.75) is 30.9 Å². The van der Waals surface area contributed by atoms with Crippen molar-refractivity contribution in [2.24, 2.45) is 0 Å². The van der Waals surface area contributed by atoms with Gasteiger partial charge in [0.05, 0.1) is 12.8 Å². The fourth-order valence-corrected chi connectivity index (χ4v) is 5.39. The number of anilines is 1. The first-order valence-electron chi connectivity index (χ1n) is 9.56. The zero-order valence-electron chi connectivity index (χ0n) is 17.0. The Morgan fingerprint density at radius 3 is 2.43 bits per heavy atom. The summed E-state index contributed by atoms with van der Waals surface area (Å²) in [4.78, 5) is 16.7. The molecule has 0 aromatic heterocycles. The molecule has 7 heteroatoms. The predicted octanol–water partition coefficient (Wildman–Crippen LogP) is 3.57. The second-order valence-electron chi connectivity index (χ2n) is 7.69. The molecule has 0 saturated carbocycles. The maximum absolute atomic E-state index is 13.1. The number of methoxy groups -OCH3 is 1. The molecule has 0 bridgehead atoms.